The summed E-state index contributed by atoms with van der Waals surface area (Å²) in [5.74, 6) is 0.192. The molecular formula is C20H23FN4O. The molecule has 2 aliphatic heterocycles. The van der Waals surface area contributed by atoms with Crippen molar-refractivity contribution in [1.82, 2.24) is 20.5 Å². The lowest BCUT2D eigenvalue weighted by Crippen LogP contribution is -2.48. The second-order valence-corrected chi connectivity index (χ2v) is 7.22. The fraction of sp³-hybridized carbons (Fsp3) is 0.400. The molecule has 2 fully saturated rings. The fourth-order valence-electron chi connectivity index (χ4n) is 4.09. The SMILES string of the molecule is O=C(N(Cc1ccc(F)cc1)Cc1ccccn1)C12CNCC1CNC2. The number of hydrogen-bond donors (Lipinski definition) is 2. The highest BCUT2D eigenvalue weighted by Crippen LogP contribution is 2.37. The van der Waals surface area contributed by atoms with Crippen LogP contribution in [0.3, 0.4) is 0 Å². The van der Waals surface area contributed by atoms with Gasteiger partial charge >= 0.3 is 0 Å². The Morgan fingerprint density at radius 2 is 1.85 bits per heavy atom. The molecule has 2 saturated heterocycles. The molecule has 1 amide bonds. The van der Waals surface area contributed by atoms with Crippen LogP contribution in [0.4, 0.5) is 4.39 Å². The lowest BCUT2D eigenvalue weighted by Gasteiger charge is -2.33. The van der Waals surface area contributed by atoms with Gasteiger partial charge in [-0.25, -0.2) is 4.39 Å². The first-order chi connectivity index (χ1) is 12.7. The fourth-order valence-corrected chi connectivity index (χ4v) is 4.09. The van der Waals surface area contributed by atoms with Crippen molar-refractivity contribution in [1.29, 1.82) is 0 Å². The summed E-state index contributed by atoms with van der Waals surface area (Å²) in [4.78, 5) is 19.8. The van der Waals surface area contributed by atoms with Crippen molar-refractivity contribution in [3.63, 3.8) is 0 Å². The Morgan fingerprint density at radius 3 is 2.50 bits per heavy atom. The van der Waals surface area contributed by atoms with Crippen LogP contribution in [0, 0.1) is 17.2 Å². The molecule has 2 aromatic rings. The molecule has 136 valence electrons. The van der Waals surface area contributed by atoms with E-state index in [9.17, 15) is 9.18 Å². The van der Waals surface area contributed by atoms with Crippen LogP contribution in [0.1, 0.15) is 11.3 Å². The zero-order chi connectivity index (χ0) is 18.0. The summed E-state index contributed by atoms with van der Waals surface area (Å²) in [5.41, 5.74) is 1.38. The van der Waals surface area contributed by atoms with E-state index in [-0.39, 0.29) is 11.7 Å². The third kappa shape index (κ3) is 3.22. The molecule has 26 heavy (non-hydrogen) atoms. The Morgan fingerprint density at radius 1 is 1.12 bits per heavy atom. The molecule has 2 N–H and O–H groups in total. The molecule has 0 spiro atoms. The normalized spacial score (nSPS) is 24.4. The molecule has 5 nitrogen and oxygen atoms in total. The second-order valence-electron chi connectivity index (χ2n) is 7.22. The van der Waals surface area contributed by atoms with Gasteiger partial charge in [0.05, 0.1) is 17.7 Å². The molecule has 3 heterocycles. The number of pyridine rings is 1. The number of carbonyl (C=O) groups excluding carboxylic acids is 1. The number of nitrogens with zero attached hydrogens (tertiary/aromatic N) is 2. The van der Waals surface area contributed by atoms with Gasteiger partial charge in [-0.2, -0.15) is 0 Å². The number of amides is 1. The van der Waals surface area contributed by atoms with Crippen LogP contribution >= 0.6 is 0 Å². The zero-order valence-corrected chi connectivity index (χ0v) is 14.6. The molecule has 1 aromatic carbocycles. The average Bonchev–Trinajstić information content (AvgIpc) is 3.24. The maximum absolute atomic E-state index is 13.6. The summed E-state index contributed by atoms with van der Waals surface area (Å²) in [7, 11) is 0. The van der Waals surface area contributed by atoms with Crippen LogP contribution in [0.5, 0.6) is 0 Å². The highest BCUT2D eigenvalue weighted by Gasteiger charge is 2.53. The zero-order valence-electron chi connectivity index (χ0n) is 14.6. The summed E-state index contributed by atoms with van der Waals surface area (Å²) in [6, 6.07) is 12.1. The summed E-state index contributed by atoms with van der Waals surface area (Å²) in [6.45, 7) is 4.03. The number of benzene rings is 1. The van der Waals surface area contributed by atoms with E-state index >= 15 is 0 Å². The van der Waals surface area contributed by atoms with Crippen molar-refractivity contribution in [3.05, 3.63) is 65.7 Å². The summed E-state index contributed by atoms with van der Waals surface area (Å²) < 4.78 is 13.2. The van der Waals surface area contributed by atoms with Crippen molar-refractivity contribution < 1.29 is 9.18 Å². The molecule has 2 aliphatic rings. The predicted octanol–water partition coefficient (Wildman–Crippen LogP) is 1.56. The van der Waals surface area contributed by atoms with E-state index in [1.54, 1.807) is 18.3 Å². The number of aromatic nitrogens is 1. The molecule has 6 heteroatoms. The van der Waals surface area contributed by atoms with Crippen LogP contribution in [0.25, 0.3) is 0 Å². The number of halogens is 1. The van der Waals surface area contributed by atoms with Crippen LogP contribution in [-0.2, 0) is 17.9 Å². The molecule has 0 saturated carbocycles. The van der Waals surface area contributed by atoms with Gasteiger partial charge in [0.1, 0.15) is 5.82 Å². The van der Waals surface area contributed by atoms with E-state index in [0.717, 1.165) is 24.3 Å². The first kappa shape index (κ1) is 17.1. The van der Waals surface area contributed by atoms with Crippen molar-refractivity contribution >= 4 is 5.91 Å². The Kier molecular flexibility index (Phi) is 4.70. The number of nitrogens with one attached hydrogen (secondary N) is 2. The number of hydrogen-bond acceptors (Lipinski definition) is 4. The number of rotatable bonds is 5. The Bertz CT molecular complexity index is 755. The van der Waals surface area contributed by atoms with Crippen LogP contribution < -0.4 is 10.6 Å². The Balaban J connectivity index is 1.61. The van der Waals surface area contributed by atoms with Gasteiger partial charge in [-0.15, -0.1) is 0 Å². The molecule has 0 atom stereocenters. The molecule has 0 aliphatic carbocycles. The lowest BCUT2D eigenvalue weighted by molar-refractivity contribution is -0.143. The van der Waals surface area contributed by atoms with Gasteiger partial charge in [0.15, 0.2) is 0 Å². The van der Waals surface area contributed by atoms with Crippen molar-refractivity contribution in [2.75, 3.05) is 26.2 Å². The standard InChI is InChI=1S/C20H23FN4O/c21-17-6-4-15(5-7-17)11-25(12-18-3-1-2-8-24-18)19(26)20-13-22-9-16(20)10-23-14-20/h1-8,16,22-23H,9-14H2. The number of fused-ring (bicyclic) bond motifs is 1. The summed E-state index contributed by atoms with van der Waals surface area (Å²) >= 11 is 0. The van der Waals surface area contributed by atoms with Gasteiger partial charge in [0.2, 0.25) is 5.91 Å². The monoisotopic (exact) mass is 354 g/mol. The maximum Gasteiger partial charge on any atom is 0.232 e. The van der Waals surface area contributed by atoms with Gasteiger partial charge < -0.3 is 15.5 Å². The first-order valence-electron chi connectivity index (χ1n) is 9.02. The van der Waals surface area contributed by atoms with E-state index < -0.39 is 5.41 Å². The number of carbonyl (C=O) groups is 1. The van der Waals surface area contributed by atoms with Crippen LogP contribution in [0.15, 0.2) is 48.7 Å². The van der Waals surface area contributed by atoms with Gasteiger partial charge in [0.25, 0.3) is 0 Å². The third-order valence-corrected chi connectivity index (χ3v) is 5.52. The second kappa shape index (κ2) is 7.13. The van der Waals surface area contributed by atoms with Crippen molar-refractivity contribution in [2.45, 2.75) is 13.1 Å². The molecule has 0 bridgehead atoms. The van der Waals surface area contributed by atoms with Crippen LogP contribution in [0.2, 0.25) is 0 Å². The van der Waals surface area contributed by atoms with E-state index in [1.807, 2.05) is 23.1 Å². The van der Waals surface area contributed by atoms with E-state index in [4.69, 9.17) is 0 Å². The topological polar surface area (TPSA) is 57.3 Å². The minimum absolute atomic E-state index is 0.146. The molecule has 1 aromatic heterocycles. The molecular weight excluding hydrogens is 331 g/mol. The Labute approximate surface area is 152 Å². The van der Waals surface area contributed by atoms with E-state index in [2.05, 4.69) is 15.6 Å². The largest absolute Gasteiger partial charge is 0.332 e. The van der Waals surface area contributed by atoms with Gasteiger partial charge in [-0.1, -0.05) is 18.2 Å². The van der Waals surface area contributed by atoms with Crippen LogP contribution in [-0.4, -0.2) is 42.0 Å². The van der Waals surface area contributed by atoms with Gasteiger partial charge in [-0.3, -0.25) is 9.78 Å². The first-order valence-corrected chi connectivity index (χ1v) is 9.02. The third-order valence-electron chi connectivity index (χ3n) is 5.52. The lowest BCUT2D eigenvalue weighted by atomic mass is 9.79. The summed E-state index contributed by atoms with van der Waals surface area (Å²) in [6.07, 6.45) is 1.74. The van der Waals surface area contributed by atoms with Gasteiger partial charge in [0, 0.05) is 44.8 Å². The Hall–Kier alpha value is -2.31. The van der Waals surface area contributed by atoms with Gasteiger partial charge in [-0.05, 0) is 29.8 Å². The van der Waals surface area contributed by atoms with E-state index in [1.165, 1.54) is 12.1 Å². The smallest absolute Gasteiger partial charge is 0.232 e. The molecule has 0 unspecified atom stereocenters. The minimum atomic E-state index is -0.394. The highest BCUT2D eigenvalue weighted by atomic mass is 19.1. The quantitative estimate of drug-likeness (QED) is 0.856. The molecule has 4 rings (SSSR count). The molecule has 0 radical (unpaired) electrons. The average molecular weight is 354 g/mol. The highest BCUT2D eigenvalue weighted by molar-refractivity contribution is 5.84. The van der Waals surface area contributed by atoms with E-state index in [0.29, 0.717) is 32.1 Å². The van der Waals surface area contributed by atoms with Crippen molar-refractivity contribution in [3.8, 4) is 0 Å². The maximum atomic E-state index is 13.6. The predicted molar refractivity (Wildman–Crippen MR) is 96.6 cm³/mol. The van der Waals surface area contributed by atoms with Crippen molar-refractivity contribution in [2.24, 2.45) is 11.3 Å². The minimum Gasteiger partial charge on any atom is -0.332 e. The summed E-state index contributed by atoms with van der Waals surface area (Å²) in [5, 5.41) is 6.77.